The topological polar surface area (TPSA) is 69.3 Å². The van der Waals surface area contributed by atoms with Gasteiger partial charge in [0.2, 0.25) is 0 Å². The molecule has 0 saturated carbocycles. The van der Waals surface area contributed by atoms with Crippen molar-refractivity contribution in [1.29, 1.82) is 0 Å². The zero-order valence-corrected chi connectivity index (χ0v) is 16.2. The number of fused-ring (bicyclic) bond motifs is 2. The minimum absolute atomic E-state index is 0.0314. The van der Waals surface area contributed by atoms with Crippen LogP contribution in [0.2, 0.25) is 0 Å². The SMILES string of the molecule is Cc1sc2nc(SCc3cc(=O)n4ccsc4n3)n(C)c(=O)c2c1C. The predicted molar refractivity (Wildman–Crippen MR) is 103 cm³/mol. The number of thiazole rings is 1. The Morgan fingerprint density at radius 3 is 2.84 bits per heavy atom. The first-order valence-electron chi connectivity index (χ1n) is 7.51. The summed E-state index contributed by atoms with van der Waals surface area (Å²) in [6, 6.07) is 1.53. The van der Waals surface area contributed by atoms with Gasteiger partial charge in [-0.05, 0) is 19.4 Å². The first-order chi connectivity index (χ1) is 12.0. The van der Waals surface area contributed by atoms with Crippen LogP contribution in [0.1, 0.15) is 16.1 Å². The molecule has 9 heteroatoms. The first-order valence-corrected chi connectivity index (χ1v) is 10.2. The molecule has 0 amide bonds. The van der Waals surface area contributed by atoms with Gasteiger partial charge in [-0.3, -0.25) is 18.6 Å². The highest BCUT2D eigenvalue weighted by Gasteiger charge is 2.15. The molecular weight excluding hydrogens is 376 g/mol. The summed E-state index contributed by atoms with van der Waals surface area (Å²) in [6.07, 6.45) is 1.72. The van der Waals surface area contributed by atoms with Crippen molar-refractivity contribution in [2.24, 2.45) is 7.05 Å². The molecule has 4 aromatic rings. The first kappa shape index (κ1) is 16.5. The van der Waals surface area contributed by atoms with Gasteiger partial charge in [0.1, 0.15) is 4.83 Å². The van der Waals surface area contributed by atoms with Crippen LogP contribution in [-0.4, -0.2) is 18.9 Å². The van der Waals surface area contributed by atoms with Gasteiger partial charge in [0.05, 0.1) is 11.1 Å². The summed E-state index contributed by atoms with van der Waals surface area (Å²) < 4.78 is 3.10. The average molecular weight is 391 g/mol. The van der Waals surface area contributed by atoms with E-state index in [4.69, 9.17) is 0 Å². The molecular formula is C16H14N4O2S3. The molecule has 25 heavy (non-hydrogen) atoms. The third-order valence-corrected chi connectivity index (χ3v) is 7.00. The highest BCUT2D eigenvalue weighted by atomic mass is 32.2. The molecule has 4 heterocycles. The van der Waals surface area contributed by atoms with Crippen molar-refractivity contribution >= 4 is 49.6 Å². The molecule has 4 rings (SSSR count). The van der Waals surface area contributed by atoms with Crippen LogP contribution in [-0.2, 0) is 12.8 Å². The van der Waals surface area contributed by atoms with E-state index in [1.807, 2.05) is 19.2 Å². The molecule has 0 aliphatic heterocycles. The molecule has 0 atom stereocenters. The number of aryl methyl sites for hydroxylation is 2. The summed E-state index contributed by atoms with van der Waals surface area (Å²) in [5, 5.41) is 3.17. The van der Waals surface area contributed by atoms with Crippen LogP contribution in [0.15, 0.2) is 32.4 Å². The summed E-state index contributed by atoms with van der Waals surface area (Å²) in [5.74, 6) is 0.485. The van der Waals surface area contributed by atoms with Crippen LogP contribution >= 0.6 is 34.4 Å². The lowest BCUT2D eigenvalue weighted by Crippen LogP contribution is -2.20. The predicted octanol–water partition coefficient (Wildman–Crippen LogP) is 2.97. The maximum atomic E-state index is 12.6. The summed E-state index contributed by atoms with van der Waals surface area (Å²) >= 11 is 4.38. The molecule has 0 N–H and O–H groups in total. The summed E-state index contributed by atoms with van der Waals surface area (Å²) in [7, 11) is 1.73. The van der Waals surface area contributed by atoms with Gasteiger partial charge in [-0.2, -0.15) is 0 Å². The van der Waals surface area contributed by atoms with E-state index in [2.05, 4.69) is 9.97 Å². The Hall–Kier alpha value is -1.97. The molecule has 0 spiro atoms. The van der Waals surface area contributed by atoms with E-state index in [0.717, 1.165) is 15.3 Å². The smallest absolute Gasteiger partial charge is 0.262 e. The van der Waals surface area contributed by atoms with E-state index in [1.54, 1.807) is 17.8 Å². The van der Waals surface area contributed by atoms with Gasteiger partial charge in [0, 0.05) is 35.3 Å². The van der Waals surface area contributed by atoms with Crippen LogP contribution in [0.25, 0.3) is 15.2 Å². The van der Waals surface area contributed by atoms with Crippen LogP contribution in [0.3, 0.4) is 0 Å². The second-order valence-electron chi connectivity index (χ2n) is 5.65. The van der Waals surface area contributed by atoms with Gasteiger partial charge in [0.25, 0.3) is 11.1 Å². The van der Waals surface area contributed by atoms with Gasteiger partial charge < -0.3 is 0 Å². The van der Waals surface area contributed by atoms with Crippen LogP contribution in [0, 0.1) is 13.8 Å². The fourth-order valence-electron chi connectivity index (χ4n) is 2.59. The summed E-state index contributed by atoms with van der Waals surface area (Å²) in [4.78, 5) is 36.4. The number of hydrogen-bond acceptors (Lipinski definition) is 7. The number of hydrogen-bond donors (Lipinski definition) is 0. The van der Waals surface area contributed by atoms with Crippen LogP contribution in [0.5, 0.6) is 0 Å². The highest BCUT2D eigenvalue weighted by Crippen LogP contribution is 2.28. The molecule has 0 radical (unpaired) electrons. The molecule has 128 valence electrons. The third kappa shape index (κ3) is 2.72. The molecule has 4 aromatic heterocycles. The highest BCUT2D eigenvalue weighted by molar-refractivity contribution is 7.98. The van der Waals surface area contributed by atoms with Crippen molar-refractivity contribution in [3.63, 3.8) is 0 Å². The maximum absolute atomic E-state index is 12.6. The minimum Gasteiger partial charge on any atom is -0.290 e. The molecule has 0 bridgehead atoms. The lowest BCUT2D eigenvalue weighted by atomic mass is 10.2. The van der Waals surface area contributed by atoms with Crippen LogP contribution < -0.4 is 11.1 Å². The molecule has 6 nitrogen and oxygen atoms in total. The fraction of sp³-hybridized carbons (Fsp3) is 0.250. The van der Waals surface area contributed by atoms with Gasteiger partial charge in [0.15, 0.2) is 10.1 Å². The number of thioether (sulfide) groups is 1. The Morgan fingerprint density at radius 2 is 2.04 bits per heavy atom. The maximum Gasteiger partial charge on any atom is 0.262 e. The zero-order valence-electron chi connectivity index (χ0n) is 13.8. The normalized spacial score (nSPS) is 11.6. The summed E-state index contributed by atoms with van der Waals surface area (Å²) in [6.45, 7) is 3.96. The second kappa shape index (κ2) is 6.08. The Bertz CT molecular complexity index is 1230. The largest absolute Gasteiger partial charge is 0.290 e. The van der Waals surface area contributed by atoms with Gasteiger partial charge in [-0.25, -0.2) is 9.97 Å². The third-order valence-electron chi connectivity index (χ3n) is 4.07. The van der Waals surface area contributed by atoms with E-state index >= 15 is 0 Å². The quantitative estimate of drug-likeness (QED) is 0.397. The van der Waals surface area contributed by atoms with E-state index in [1.165, 1.54) is 44.9 Å². The Morgan fingerprint density at radius 1 is 1.24 bits per heavy atom. The standard InChI is InChI=1S/C16H14N4O2S3/c1-8-9(2)25-13-12(8)14(22)19(3)15(18-13)24-7-10-6-11(21)20-4-5-23-16(20)17-10/h4-6H,7H2,1-3H3. The molecule has 0 saturated heterocycles. The molecule has 0 fully saturated rings. The molecule has 0 unspecified atom stereocenters. The van der Waals surface area contributed by atoms with Crippen molar-refractivity contribution < 1.29 is 0 Å². The average Bonchev–Trinajstić information content (AvgIpc) is 3.15. The van der Waals surface area contributed by atoms with Gasteiger partial charge >= 0.3 is 0 Å². The van der Waals surface area contributed by atoms with E-state index in [-0.39, 0.29) is 11.1 Å². The molecule has 0 aromatic carbocycles. The Labute approximate surface area is 154 Å². The minimum atomic E-state index is -0.0938. The Balaban J connectivity index is 1.71. The zero-order chi connectivity index (χ0) is 17.7. The molecule has 0 aliphatic carbocycles. The van der Waals surface area contributed by atoms with Crippen molar-refractivity contribution in [1.82, 2.24) is 18.9 Å². The fourth-order valence-corrected chi connectivity index (χ4v) is 5.26. The monoisotopic (exact) mass is 390 g/mol. The van der Waals surface area contributed by atoms with Crippen molar-refractivity contribution in [3.8, 4) is 0 Å². The van der Waals surface area contributed by atoms with Crippen molar-refractivity contribution in [3.05, 3.63) is 54.5 Å². The van der Waals surface area contributed by atoms with Gasteiger partial charge in [-0.15, -0.1) is 22.7 Å². The second-order valence-corrected chi connectivity index (χ2v) is 8.67. The number of thiophene rings is 1. The number of rotatable bonds is 3. The van der Waals surface area contributed by atoms with Crippen LogP contribution in [0.4, 0.5) is 0 Å². The van der Waals surface area contributed by atoms with E-state index in [9.17, 15) is 9.59 Å². The van der Waals surface area contributed by atoms with E-state index < -0.39 is 0 Å². The lowest BCUT2D eigenvalue weighted by Gasteiger charge is -2.07. The molecule has 0 aliphatic rings. The number of aromatic nitrogens is 4. The lowest BCUT2D eigenvalue weighted by molar-refractivity contribution is 0.727. The number of nitrogens with zero attached hydrogens (tertiary/aromatic N) is 4. The van der Waals surface area contributed by atoms with Crippen molar-refractivity contribution in [2.75, 3.05) is 0 Å². The van der Waals surface area contributed by atoms with E-state index in [0.29, 0.717) is 27.0 Å². The summed E-state index contributed by atoms with van der Waals surface area (Å²) in [5.41, 5.74) is 1.56. The van der Waals surface area contributed by atoms with Crippen molar-refractivity contribution in [2.45, 2.75) is 24.8 Å². The Kier molecular flexibility index (Phi) is 4.01. The van der Waals surface area contributed by atoms with Gasteiger partial charge in [-0.1, -0.05) is 11.8 Å².